The van der Waals surface area contributed by atoms with Gasteiger partial charge in [-0.25, -0.2) is 0 Å². The molecule has 0 heterocycles. The van der Waals surface area contributed by atoms with Crippen molar-refractivity contribution in [3.8, 4) is 0 Å². The maximum Gasteiger partial charge on any atom is 0.254 e. The van der Waals surface area contributed by atoms with E-state index in [1.807, 2.05) is 18.2 Å². The van der Waals surface area contributed by atoms with Crippen molar-refractivity contribution in [3.63, 3.8) is 0 Å². The van der Waals surface area contributed by atoms with Gasteiger partial charge in [-0.15, -0.1) is 0 Å². The van der Waals surface area contributed by atoms with Gasteiger partial charge in [0.2, 0.25) is 0 Å². The third-order valence-corrected chi connectivity index (χ3v) is 4.05. The van der Waals surface area contributed by atoms with Crippen LogP contribution in [-0.4, -0.2) is 22.9 Å². The fourth-order valence-electron chi connectivity index (χ4n) is 2.66. The standard InChI is InChI=1S/C15H20N2O/c1-10(11-5-6-11)17(14-7-8-14)15(18)12-3-2-4-13(16)9-12/h2-4,9-11,14H,5-8,16H2,1H3. The van der Waals surface area contributed by atoms with Crippen LogP contribution in [0.5, 0.6) is 0 Å². The number of carbonyl (C=O) groups excluding carboxylic acids is 1. The summed E-state index contributed by atoms with van der Waals surface area (Å²) in [7, 11) is 0. The summed E-state index contributed by atoms with van der Waals surface area (Å²) in [5.74, 6) is 0.875. The van der Waals surface area contributed by atoms with Crippen LogP contribution in [0.25, 0.3) is 0 Å². The van der Waals surface area contributed by atoms with Gasteiger partial charge in [0.1, 0.15) is 0 Å². The van der Waals surface area contributed by atoms with Crippen LogP contribution in [0, 0.1) is 5.92 Å². The molecular weight excluding hydrogens is 224 g/mol. The van der Waals surface area contributed by atoms with E-state index in [1.165, 1.54) is 12.8 Å². The van der Waals surface area contributed by atoms with Crippen LogP contribution >= 0.6 is 0 Å². The number of nitrogen functional groups attached to an aromatic ring is 1. The Morgan fingerprint density at radius 1 is 1.33 bits per heavy atom. The van der Waals surface area contributed by atoms with Crippen molar-refractivity contribution < 1.29 is 4.79 Å². The molecule has 2 N–H and O–H groups in total. The van der Waals surface area contributed by atoms with Crippen LogP contribution in [0.15, 0.2) is 24.3 Å². The van der Waals surface area contributed by atoms with Gasteiger partial charge in [0, 0.05) is 23.3 Å². The summed E-state index contributed by atoms with van der Waals surface area (Å²) in [5.41, 5.74) is 7.16. The van der Waals surface area contributed by atoms with Crippen LogP contribution in [-0.2, 0) is 0 Å². The number of nitrogens with two attached hydrogens (primary N) is 1. The number of hydrogen-bond donors (Lipinski definition) is 1. The molecule has 1 amide bonds. The normalized spacial score (nSPS) is 20.5. The minimum absolute atomic E-state index is 0.157. The second-order valence-corrected chi connectivity index (χ2v) is 5.65. The fourth-order valence-corrected chi connectivity index (χ4v) is 2.66. The Labute approximate surface area is 108 Å². The fraction of sp³-hybridized carbons (Fsp3) is 0.533. The van der Waals surface area contributed by atoms with Crippen LogP contribution in [0.2, 0.25) is 0 Å². The lowest BCUT2D eigenvalue weighted by molar-refractivity contribution is 0.0654. The van der Waals surface area contributed by atoms with E-state index in [0.29, 0.717) is 17.8 Å². The lowest BCUT2D eigenvalue weighted by atomic mass is 10.1. The van der Waals surface area contributed by atoms with Gasteiger partial charge in [0.15, 0.2) is 0 Å². The first-order chi connectivity index (χ1) is 8.66. The summed E-state index contributed by atoms with van der Waals surface area (Å²) in [6.45, 7) is 2.19. The maximum atomic E-state index is 12.6. The second-order valence-electron chi connectivity index (χ2n) is 5.65. The first kappa shape index (κ1) is 11.6. The van der Waals surface area contributed by atoms with Gasteiger partial charge in [-0.2, -0.15) is 0 Å². The second kappa shape index (κ2) is 4.30. The molecule has 0 aliphatic heterocycles. The molecule has 1 aromatic carbocycles. The van der Waals surface area contributed by atoms with Gasteiger partial charge in [-0.3, -0.25) is 4.79 Å². The van der Waals surface area contributed by atoms with Crippen LogP contribution in [0.3, 0.4) is 0 Å². The minimum atomic E-state index is 0.157. The first-order valence-electron chi connectivity index (χ1n) is 6.85. The molecule has 3 heteroatoms. The van der Waals surface area contributed by atoms with E-state index in [-0.39, 0.29) is 5.91 Å². The minimum Gasteiger partial charge on any atom is -0.399 e. The number of hydrogen-bond acceptors (Lipinski definition) is 2. The van der Waals surface area contributed by atoms with E-state index in [0.717, 1.165) is 24.3 Å². The average Bonchev–Trinajstić information content (AvgIpc) is 3.21. The van der Waals surface area contributed by atoms with Gasteiger partial charge in [-0.05, 0) is 56.7 Å². The van der Waals surface area contributed by atoms with Crippen LogP contribution in [0.1, 0.15) is 43.0 Å². The van der Waals surface area contributed by atoms with E-state index in [9.17, 15) is 4.79 Å². The average molecular weight is 244 g/mol. The Kier molecular flexibility index (Phi) is 2.77. The van der Waals surface area contributed by atoms with Crippen LogP contribution in [0.4, 0.5) is 5.69 Å². The van der Waals surface area contributed by atoms with E-state index < -0.39 is 0 Å². The number of amides is 1. The summed E-state index contributed by atoms with van der Waals surface area (Å²) in [4.78, 5) is 14.7. The molecule has 1 atom stereocenters. The number of nitrogens with zero attached hydrogens (tertiary/aromatic N) is 1. The van der Waals surface area contributed by atoms with Gasteiger partial charge >= 0.3 is 0 Å². The summed E-state index contributed by atoms with van der Waals surface area (Å²) in [6.07, 6.45) is 4.86. The summed E-state index contributed by atoms with van der Waals surface area (Å²) < 4.78 is 0. The number of anilines is 1. The molecule has 0 radical (unpaired) electrons. The van der Waals surface area contributed by atoms with E-state index in [1.54, 1.807) is 6.07 Å². The van der Waals surface area contributed by atoms with Crippen molar-refractivity contribution >= 4 is 11.6 Å². The molecule has 2 aliphatic carbocycles. The maximum absolute atomic E-state index is 12.6. The SMILES string of the molecule is CC(C1CC1)N(C(=O)c1cccc(N)c1)C1CC1. The topological polar surface area (TPSA) is 46.3 Å². The third-order valence-electron chi connectivity index (χ3n) is 4.05. The molecule has 0 saturated heterocycles. The number of carbonyl (C=O) groups is 1. The van der Waals surface area contributed by atoms with Crippen LogP contribution < -0.4 is 5.73 Å². The van der Waals surface area contributed by atoms with Gasteiger partial charge in [-0.1, -0.05) is 6.07 Å². The van der Waals surface area contributed by atoms with E-state index >= 15 is 0 Å². The zero-order chi connectivity index (χ0) is 12.7. The molecule has 96 valence electrons. The lowest BCUT2D eigenvalue weighted by Gasteiger charge is -2.29. The van der Waals surface area contributed by atoms with Crippen molar-refractivity contribution in [1.82, 2.24) is 4.90 Å². The Morgan fingerprint density at radius 3 is 2.61 bits per heavy atom. The number of rotatable bonds is 4. The predicted octanol–water partition coefficient (Wildman–Crippen LogP) is 2.67. The Balaban J connectivity index is 1.83. The predicted molar refractivity (Wildman–Crippen MR) is 72.2 cm³/mol. The molecule has 1 unspecified atom stereocenters. The van der Waals surface area contributed by atoms with Crippen molar-refractivity contribution in [2.24, 2.45) is 5.92 Å². The highest BCUT2D eigenvalue weighted by Gasteiger charge is 2.41. The first-order valence-corrected chi connectivity index (χ1v) is 6.85. The van der Waals surface area contributed by atoms with Gasteiger partial charge in [0.05, 0.1) is 0 Å². The Morgan fingerprint density at radius 2 is 2.06 bits per heavy atom. The molecule has 1 aromatic rings. The molecule has 2 saturated carbocycles. The molecule has 2 fully saturated rings. The molecule has 3 rings (SSSR count). The highest BCUT2D eigenvalue weighted by Crippen LogP contribution is 2.40. The Hall–Kier alpha value is -1.51. The monoisotopic (exact) mass is 244 g/mol. The van der Waals surface area contributed by atoms with Crippen molar-refractivity contribution in [3.05, 3.63) is 29.8 Å². The quantitative estimate of drug-likeness (QED) is 0.828. The number of benzene rings is 1. The van der Waals surface area contributed by atoms with Crippen molar-refractivity contribution in [2.75, 3.05) is 5.73 Å². The highest BCUT2D eigenvalue weighted by molar-refractivity contribution is 5.95. The van der Waals surface area contributed by atoms with Gasteiger partial charge < -0.3 is 10.6 Å². The molecule has 0 spiro atoms. The molecule has 0 bridgehead atoms. The summed E-state index contributed by atoms with van der Waals surface area (Å²) >= 11 is 0. The zero-order valence-corrected chi connectivity index (χ0v) is 10.8. The highest BCUT2D eigenvalue weighted by atomic mass is 16.2. The van der Waals surface area contributed by atoms with Crippen molar-refractivity contribution in [1.29, 1.82) is 0 Å². The third kappa shape index (κ3) is 2.22. The lowest BCUT2D eigenvalue weighted by Crippen LogP contribution is -2.41. The summed E-state index contributed by atoms with van der Waals surface area (Å²) in [6, 6.07) is 8.18. The zero-order valence-electron chi connectivity index (χ0n) is 10.8. The van der Waals surface area contributed by atoms with Crippen molar-refractivity contribution in [2.45, 2.75) is 44.7 Å². The van der Waals surface area contributed by atoms with E-state index in [4.69, 9.17) is 5.73 Å². The summed E-state index contributed by atoms with van der Waals surface area (Å²) in [5, 5.41) is 0. The smallest absolute Gasteiger partial charge is 0.254 e. The Bertz CT molecular complexity index is 463. The van der Waals surface area contributed by atoms with E-state index in [2.05, 4.69) is 11.8 Å². The molecule has 18 heavy (non-hydrogen) atoms. The molecular formula is C15H20N2O. The molecule has 3 nitrogen and oxygen atoms in total. The molecule has 0 aromatic heterocycles. The van der Waals surface area contributed by atoms with Gasteiger partial charge in [0.25, 0.3) is 5.91 Å². The molecule has 2 aliphatic rings. The largest absolute Gasteiger partial charge is 0.399 e.